The van der Waals surface area contributed by atoms with E-state index in [1.54, 1.807) is 22.9 Å². The summed E-state index contributed by atoms with van der Waals surface area (Å²) in [5.74, 6) is 0.637. The van der Waals surface area contributed by atoms with Crippen LogP contribution in [0.1, 0.15) is 4.88 Å². The third-order valence-electron chi connectivity index (χ3n) is 3.19. The van der Waals surface area contributed by atoms with Crippen molar-refractivity contribution in [2.24, 2.45) is 0 Å². The van der Waals surface area contributed by atoms with Gasteiger partial charge >= 0.3 is 5.69 Å². The molecule has 5 nitrogen and oxygen atoms in total. The molecular weight excluding hydrogens is 388 g/mol. The SMILES string of the molecule is CN(C)c1nc(=O)n(Cc2cnc(Br)s2)c2cc(Cl)ccc12. The average molecular weight is 400 g/mol. The Morgan fingerprint density at radius 1 is 1.41 bits per heavy atom. The molecule has 0 spiro atoms. The molecule has 22 heavy (non-hydrogen) atoms. The molecule has 0 saturated carbocycles. The second-order valence-corrected chi connectivity index (χ2v) is 7.77. The van der Waals surface area contributed by atoms with Crippen LogP contribution >= 0.6 is 38.9 Å². The van der Waals surface area contributed by atoms with Gasteiger partial charge in [-0.15, -0.1) is 11.3 Å². The van der Waals surface area contributed by atoms with Crippen LogP contribution in [0.25, 0.3) is 10.9 Å². The van der Waals surface area contributed by atoms with Gasteiger partial charge in [-0.3, -0.25) is 4.57 Å². The van der Waals surface area contributed by atoms with Gasteiger partial charge < -0.3 is 4.90 Å². The molecule has 0 saturated heterocycles. The largest absolute Gasteiger partial charge is 0.362 e. The quantitative estimate of drug-likeness (QED) is 0.677. The standard InChI is InChI=1S/C14H12BrClN4OS/c1-19(2)12-10-4-3-8(16)5-11(10)20(14(21)18-12)7-9-6-17-13(15)22-9/h3-6H,7H2,1-2H3. The molecule has 0 aliphatic rings. The average Bonchev–Trinajstić information content (AvgIpc) is 2.87. The van der Waals surface area contributed by atoms with E-state index in [-0.39, 0.29) is 5.69 Å². The number of thiazole rings is 1. The predicted molar refractivity (Wildman–Crippen MR) is 94.3 cm³/mol. The van der Waals surface area contributed by atoms with E-state index in [4.69, 9.17) is 11.6 Å². The summed E-state index contributed by atoms with van der Waals surface area (Å²) in [6, 6.07) is 5.48. The van der Waals surface area contributed by atoms with Crippen LogP contribution in [-0.4, -0.2) is 28.6 Å². The van der Waals surface area contributed by atoms with Crippen LogP contribution in [0.15, 0.2) is 33.1 Å². The highest BCUT2D eigenvalue weighted by Gasteiger charge is 2.13. The molecule has 3 rings (SSSR count). The summed E-state index contributed by atoms with van der Waals surface area (Å²) in [6.07, 6.45) is 1.75. The Hall–Kier alpha value is -1.44. The Labute approximate surface area is 144 Å². The molecule has 2 aromatic heterocycles. The van der Waals surface area contributed by atoms with Crippen LogP contribution in [0.3, 0.4) is 0 Å². The third-order valence-corrected chi connectivity index (χ3v) is 4.88. The van der Waals surface area contributed by atoms with Crippen LogP contribution in [-0.2, 0) is 6.54 Å². The van der Waals surface area contributed by atoms with Gasteiger partial charge in [0.1, 0.15) is 5.82 Å². The van der Waals surface area contributed by atoms with Crippen molar-refractivity contribution in [1.82, 2.24) is 14.5 Å². The number of hydrogen-bond acceptors (Lipinski definition) is 5. The molecule has 0 fully saturated rings. The number of hydrogen-bond donors (Lipinski definition) is 0. The van der Waals surface area contributed by atoms with E-state index in [1.807, 2.05) is 25.1 Å². The molecular formula is C14H12BrClN4OS. The molecule has 0 amide bonds. The maximum Gasteiger partial charge on any atom is 0.350 e. The van der Waals surface area contributed by atoms with E-state index in [1.165, 1.54) is 11.3 Å². The second-order valence-electron chi connectivity index (χ2n) is 4.94. The highest BCUT2D eigenvalue weighted by Crippen LogP contribution is 2.26. The third kappa shape index (κ3) is 2.88. The molecule has 1 aromatic carbocycles. The van der Waals surface area contributed by atoms with Crippen molar-refractivity contribution < 1.29 is 0 Å². The Kier molecular flexibility index (Phi) is 4.20. The zero-order chi connectivity index (χ0) is 15.9. The maximum absolute atomic E-state index is 12.4. The minimum Gasteiger partial charge on any atom is -0.362 e. The van der Waals surface area contributed by atoms with Gasteiger partial charge in [-0.25, -0.2) is 9.78 Å². The van der Waals surface area contributed by atoms with Crippen molar-refractivity contribution in [2.75, 3.05) is 19.0 Å². The number of anilines is 1. The molecule has 0 bridgehead atoms. The zero-order valence-corrected chi connectivity index (χ0v) is 15.0. The Balaban J connectivity index is 2.25. The Bertz CT molecular complexity index is 905. The summed E-state index contributed by atoms with van der Waals surface area (Å²) in [4.78, 5) is 23.6. The van der Waals surface area contributed by atoms with Crippen molar-refractivity contribution >= 4 is 55.6 Å². The normalized spacial score (nSPS) is 11.1. The second kappa shape index (κ2) is 5.98. The lowest BCUT2D eigenvalue weighted by Crippen LogP contribution is -2.27. The van der Waals surface area contributed by atoms with Crippen LogP contribution in [0.2, 0.25) is 5.02 Å². The van der Waals surface area contributed by atoms with E-state index in [0.717, 1.165) is 19.7 Å². The smallest absolute Gasteiger partial charge is 0.350 e. The molecule has 0 N–H and O–H groups in total. The number of aromatic nitrogens is 3. The first kappa shape index (κ1) is 15.5. The minimum absolute atomic E-state index is 0.303. The summed E-state index contributed by atoms with van der Waals surface area (Å²) in [5.41, 5.74) is 0.462. The number of halogens is 2. The molecule has 0 aliphatic heterocycles. The van der Waals surface area contributed by atoms with Gasteiger partial charge in [-0.2, -0.15) is 4.98 Å². The van der Waals surface area contributed by atoms with E-state index < -0.39 is 0 Å². The summed E-state index contributed by atoms with van der Waals surface area (Å²) in [7, 11) is 3.72. The molecule has 2 heterocycles. The van der Waals surface area contributed by atoms with Gasteiger partial charge in [-0.05, 0) is 34.1 Å². The fourth-order valence-electron chi connectivity index (χ4n) is 2.24. The molecule has 8 heteroatoms. The fraction of sp³-hybridized carbons (Fsp3) is 0.214. The first-order valence-corrected chi connectivity index (χ1v) is 8.42. The highest BCUT2D eigenvalue weighted by atomic mass is 79.9. The predicted octanol–water partition coefficient (Wildman–Crippen LogP) is 3.38. The maximum atomic E-state index is 12.4. The first-order valence-electron chi connectivity index (χ1n) is 6.43. The van der Waals surface area contributed by atoms with Crippen molar-refractivity contribution in [3.8, 4) is 0 Å². The van der Waals surface area contributed by atoms with Crippen molar-refractivity contribution in [3.63, 3.8) is 0 Å². The van der Waals surface area contributed by atoms with Gasteiger partial charge in [-0.1, -0.05) is 11.6 Å². The van der Waals surface area contributed by atoms with Crippen molar-refractivity contribution in [3.05, 3.63) is 48.7 Å². The van der Waals surface area contributed by atoms with Gasteiger partial charge in [0.2, 0.25) is 0 Å². The summed E-state index contributed by atoms with van der Waals surface area (Å²) in [5, 5.41) is 1.47. The lowest BCUT2D eigenvalue weighted by molar-refractivity contribution is 0.767. The van der Waals surface area contributed by atoms with E-state index >= 15 is 0 Å². The molecule has 0 unspecified atom stereocenters. The van der Waals surface area contributed by atoms with E-state index in [9.17, 15) is 4.79 Å². The Morgan fingerprint density at radius 3 is 2.82 bits per heavy atom. The zero-order valence-electron chi connectivity index (χ0n) is 11.9. The number of benzene rings is 1. The highest BCUT2D eigenvalue weighted by molar-refractivity contribution is 9.11. The van der Waals surface area contributed by atoms with E-state index in [0.29, 0.717) is 17.4 Å². The van der Waals surface area contributed by atoms with Gasteiger partial charge in [0.25, 0.3) is 0 Å². The molecule has 3 aromatic rings. The minimum atomic E-state index is -0.303. The van der Waals surface area contributed by atoms with Crippen LogP contribution in [0, 0.1) is 0 Å². The number of rotatable bonds is 3. The van der Waals surface area contributed by atoms with Gasteiger partial charge in [0.05, 0.1) is 12.1 Å². The lowest BCUT2D eigenvalue weighted by Gasteiger charge is -2.16. The Morgan fingerprint density at radius 2 is 2.18 bits per heavy atom. The van der Waals surface area contributed by atoms with Gasteiger partial charge in [0, 0.05) is 35.6 Å². The molecule has 0 radical (unpaired) electrons. The molecule has 0 atom stereocenters. The summed E-state index contributed by atoms with van der Waals surface area (Å²) < 4.78 is 2.41. The lowest BCUT2D eigenvalue weighted by atomic mass is 10.2. The molecule has 114 valence electrons. The summed E-state index contributed by atoms with van der Waals surface area (Å²) in [6.45, 7) is 0.416. The monoisotopic (exact) mass is 398 g/mol. The topological polar surface area (TPSA) is 51.0 Å². The van der Waals surface area contributed by atoms with Crippen molar-refractivity contribution in [2.45, 2.75) is 6.54 Å². The molecule has 0 aliphatic carbocycles. The van der Waals surface area contributed by atoms with Crippen molar-refractivity contribution in [1.29, 1.82) is 0 Å². The fourth-order valence-corrected chi connectivity index (χ4v) is 3.75. The van der Waals surface area contributed by atoms with Crippen LogP contribution in [0.5, 0.6) is 0 Å². The van der Waals surface area contributed by atoms with Crippen LogP contribution < -0.4 is 10.6 Å². The number of nitrogens with zero attached hydrogens (tertiary/aromatic N) is 4. The summed E-state index contributed by atoms with van der Waals surface area (Å²) >= 11 is 10.9. The number of fused-ring (bicyclic) bond motifs is 1. The first-order chi connectivity index (χ1) is 10.5. The van der Waals surface area contributed by atoms with E-state index in [2.05, 4.69) is 25.9 Å². The van der Waals surface area contributed by atoms with Crippen LogP contribution in [0.4, 0.5) is 5.82 Å². The van der Waals surface area contributed by atoms with Gasteiger partial charge in [0.15, 0.2) is 3.92 Å².